The van der Waals surface area contributed by atoms with Gasteiger partial charge in [-0.15, -0.1) is 0 Å². The van der Waals surface area contributed by atoms with E-state index in [0.717, 1.165) is 13.1 Å². The summed E-state index contributed by atoms with van der Waals surface area (Å²) in [7, 11) is 0. The molecule has 0 radical (unpaired) electrons. The van der Waals surface area contributed by atoms with Crippen molar-refractivity contribution >= 4 is 11.6 Å². The highest BCUT2D eigenvalue weighted by molar-refractivity contribution is 6.29. The maximum atomic E-state index is 13.8. The second-order valence-corrected chi connectivity index (χ2v) is 4.30. The lowest BCUT2D eigenvalue weighted by Crippen LogP contribution is -2.36. The third kappa shape index (κ3) is 2.70. The Labute approximate surface area is 99.2 Å². The molecule has 0 atom stereocenters. The van der Waals surface area contributed by atoms with Crippen molar-refractivity contribution in [3.05, 3.63) is 28.3 Å². The van der Waals surface area contributed by atoms with Crippen molar-refractivity contribution in [2.75, 3.05) is 26.3 Å². The molecule has 1 saturated heterocycles. The number of halogens is 2. The molecule has 1 aromatic rings. The first-order valence-electron chi connectivity index (χ1n) is 5.28. The van der Waals surface area contributed by atoms with Crippen LogP contribution in [-0.2, 0) is 11.3 Å². The summed E-state index contributed by atoms with van der Waals surface area (Å²) in [4.78, 5) is 6.15. The predicted octanol–water partition coefficient (Wildman–Crippen LogP) is 2.01. The third-order valence-corrected chi connectivity index (χ3v) is 2.85. The SMILES string of the molecule is Cc1cc(Cl)nc(CN2CCOCC2)c1F. The van der Waals surface area contributed by atoms with Gasteiger partial charge in [0.25, 0.3) is 0 Å². The molecule has 88 valence electrons. The molecule has 2 heterocycles. The molecule has 1 fully saturated rings. The quantitative estimate of drug-likeness (QED) is 0.745. The molecule has 3 nitrogen and oxygen atoms in total. The average molecular weight is 245 g/mol. The van der Waals surface area contributed by atoms with Gasteiger partial charge in [-0.1, -0.05) is 11.6 Å². The van der Waals surface area contributed by atoms with Crippen LogP contribution in [0.15, 0.2) is 6.07 Å². The predicted molar refractivity (Wildman–Crippen MR) is 60.0 cm³/mol. The summed E-state index contributed by atoms with van der Waals surface area (Å²) in [5.74, 6) is -0.254. The maximum absolute atomic E-state index is 13.8. The van der Waals surface area contributed by atoms with Crippen LogP contribution in [0.25, 0.3) is 0 Å². The Morgan fingerprint density at radius 1 is 1.50 bits per heavy atom. The topological polar surface area (TPSA) is 25.4 Å². The number of nitrogens with zero attached hydrogens (tertiary/aromatic N) is 2. The first-order valence-corrected chi connectivity index (χ1v) is 5.66. The molecule has 0 saturated carbocycles. The maximum Gasteiger partial charge on any atom is 0.149 e. The highest BCUT2D eigenvalue weighted by Gasteiger charge is 2.15. The molecule has 1 aliphatic heterocycles. The number of aromatic nitrogens is 1. The zero-order chi connectivity index (χ0) is 11.5. The van der Waals surface area contributed by atoms with Crippen LogP contribution in [0, 0.1) is 12.7 Å². The lowest BCUT2D eigenvalue weighted by molar-refractivity contribution is 0.0331. The summed E-state index contributed by atoms with van der Waals surface area (Å²) in [6.45, 7) is 5.21. The first-order chi connectivity index (χ1) is 7.66. The fraction of sp³-hybridized carbons (Fsp3) is 0.545. The van der Waals surface area contributed by atoms with Gasteiger partial charge in [-0.3, -0.25) is 4.90 Å². The molecule has 0 aromatic carbocycles. The van der Waals surface area contributed by atoms with E-state index in [2.05, 4.69) is 9.88 Å². The number of morpholine rings is 1. The van der Waals surface area contributed by atoms with Crippen LogP contribution in [0.1, 0.15) is 11.3 Å². The Morgan fingerprint density at radius 2 is 2.19 bits per heavy atom. The van der Waals surface area contributed by atoms with Gasteiger partial charge in [-0.05, 0) is 18.6 Å². The van der Waals surface area contributed by atoms with E-state index < -0.39 is 0 Å². The zero-order valence-corrected chi connectivity index (χ0v) is 9.93. The van der Waals surface area contributed by atoms with Gasteiger partial charge >= 0.3 is 0 Å². The minimum atomic E-state index is -0.254. The van der Waals surface area contributed by atoms with Crippen molar-refractivity contribution in [1.82, 2.24) is 9.88 Å². The number of hydrogen-bond donors (Lipinski definition) is 0. The van der Waals surface area contributed by atoms with Crippen LogP contribution in [-0.4, -0.2) is 36.2 Å². The van der Waals surface area contributed by atoms with E-state index in [9.17, 15) is 4.39 Å². The van der Waals surface area contributed by atoms with Crippen molar-refractivity contribution in [1.29, 1.82) is 0 Å². The molecule has 1 aliphatic rings. The van der Waals surface area contributed by atoms with E-state index in [1.54, 1.807) is 13.0 Å². The molecule has 0 unspecified atom stereocenters. The van der Waals surface area contributed by atoms with Gasteiger partial charge in [-0.2, -0.15) is 0 Å². The second-order valence-electron chi connectivity index (χ2n) is 3.91. The van der Waals surface area contributed by atoms with Crippen molar-refractivity contribution in [2.45, 2.75) is 13.5 Å². The molecule has 0 bridgehead atoms. The molecule has 16 heavy (non-hydrogen) atoms. The third-order valence-electron chi connectivity index (χ3n) is 2.65. The van der Waals surface area contributed by atoms with E-state index >= 15 is 0 Å². The Hall–Kier alpha value is -0.710. The van der Waals surface area contributed by atoms with E-state index in [0.29, 0.717) is 36.2 Å². The van der Waals surface area contributed by atoms with Gasteiger partial charge in [0.15, 0.2) is 0 Å². The molecule has 0 amide bonds. The van der Waals surface area contributed by atoms with Gasteiger partial charge in [0.05, 0.1) is 18.9 Å². The number of pyridine rings is 1. The molecule has 5 heteroatoms. The summed E-state index contributed by atoms with van der Waals surface area (Å²) in [5, 5.41) is 0.349. The highest BCUT2D eigenvalue weighted by Crippen LogP contribution is 2.17. The first kappa shape index (κ1) is 11.8. The average Bonchev–Trinajstić information content (AvgIpc) is 2.27. The van der Waals surface area contributed by atoms with Crippen LogP contribution >= 0.6 is 11.6 Å². The largest absolute Gasteiger partial charge is 0.379 e. The molecule has 0 spiro atoms. The summed E-state index contributed by atoms with van der Waals surface area (Å²) >= 11 is 5.82. The molecular formula is C11H14ClFN2O. The number of rotatable bonds is 2. The fourth-order valence-corrected chi connectivity index (χ4v) is 2.02. The van der Waals surface area contributed by atoms with Gasteiger partial charge in [0, 0.05) is 19.6 Å². The number of ether oxygens (including phenoxy) is 1. The van der Waals surface area contributed by atoms with Crippen molar-refractivity contribution in [2.24, 2.45) is 0 Å². The van der Waals surface area contributed by atoms with Crippen molar-refractivity contribution in [3.63, 3.8) is 0 Å². The smallest absolute Gasteiger partial charge is 0.149 e. The summed E-state index contributed by atoms with van der Waals surface area (Å²) in [5.41, 5.74) is 0.968. The molecule has 0 N–H and O–H groups in total. The van der Waals surface area contributed by atoms with Gasteiger partial charge < -0.3 is 4.74 Å². The number of aryl methyl sites for hydroxylation is 1. The zero-order valence-electron chi connectivity index (χ0n) is 9.17. The molecular weight excluding hydrogens is 231 g/mol. The van der Waals surface area contributed by atoms with Crippen LogP contribution < -0.4 is 0 Å². The summed E-state index contributed by atoms with van der Waals surface area (Å²) in [6, 6.07) is 1.54. The fourth-order valence-electron chi connectivity index (χ4n) is 1.76. The standard InChI is InChI=1S/C11H14ClFN2O/c1-8-6-10(12)14-9(11(8)13)7-15-2-4-16-5-3-15/h6H,2-5,7H2,1H3. The Bertz CT molecular complexity index is 380. The van der Waals surface area contributed by atoms with Crippen LogP contribution in [0.5, 0.6) is 0 Å². The van der Waals surface area contributed by atoms with Gasteiger partial charge in [0.2, 0.25) is 0 Å². The van der Waals surface area contributed by atoms with E-state index in [1.165, 1.54) is 0 Å². The molecule has 1 aromatic heterocycles. The Balaban J connectivity index is 2.13. The summed E-state index contributed by atoms with van der Waals surface area (Å²) in [6.07, 6.45) is 0. The Morgan fingerprint density at radius 3 is 2.88 bits per heavy atom. The van der Waals surface area contributed by atoms with Gasteiger partial charge in [0.1, 0.15) is 11.0 Å². The van der Waals surface area contributed by atoms with E-state index in [4.69, 9.17) is 16.3 Å². The van der Waals surface area contributed by atoms with E-state index in [1.807, 2.05) is 0 Å². The second kappa shape index (κ2) is 5.08. The Kier molecular flexibility index (Phi) is 3.74. The van der Waals surface area contributed by atoms with Crippen LogP contribution in [0.3, 0.4) is 0 Å². The lowest BCUT2D eigenvalue weighted by atomic mass is 10.2. The normalized spacial score (nSPS) is 17.7. The lowest BCUT2D eigenvalue weighted by Gasteiger charge is -2.26. The van der Waals surface area contributed by atoms with Gasteiger partial charge in [-0.25, -0.2) is 9.37 Å². The summed E-state index contributed by atoms with van der Waals surface area (Å²) < 4.78 is 19.0. The van der Waals surface area contributed by atoms with Crippen molar-refractivity contribution in [3.8, 4) is 0 Å². The number of hydrogen-bond acceptors (Lipinski definition) is 3. The minimum absolute atomic E-state index is 0.254. The van der Waals surface area contributed by atoms with Crippen LogP contribution in [0.4, 0.5) is 4.39 Å². The molecule has 0 aliphatic carbocycles. The highest BCUT2D eigenvalue weighted by atomic mass is 35.5. The van der Waals surface area contributed by atoms with E-state index in [-0.39, 0.29) is 5.82 Å². The minimum Gasteiger partial charge on any atom is -0.379 e. The van der Waals surface area contributed by atoms with Crippen LogP contribution in [0.2, 0.25) is 5.15 Å². The molecule has 2 rings (SSSR count). The monoisotopic (exact) mass is 244 g/mol. The van der Waals surface area contributed by atoms with Crippen molar-refractivity contribution < 1.29 is 9.13 Å².